The number of carboxylic acid groups (broad SMARTS) is 1. The van der Waals surface area contributed by atoms with Crippen LogP contribution in [-0.2, 0) is 26.1 Å². The number of carbonyl (C=O) groups is 2. The molecule has 0 saturated carbocycles. The third-order valence-electron chi connectivity index (χ3n) is 5.22. The van der Waals surface area contributed by atoms with Crippen molar-refractivity contribution in [2.75, 3.05) is 24.8 Å². The quantitative estimate of drug-likeness (QED) is 0.389. The van der Waals surface area contributed by atoms with Gasteiger partial charge < -0.3 is 18.9 Å². The number of nitrogens with zero attached hydrogens (tertiary/aromatic N) is 1. The second-order valence-electron chi connectivity index (χ2n) is 7.97. The molecule has 0 spiro atoms. The van der Waals surface area contributed by atoms with Gasteiger partial charge in [0.1, 0.15) is 5.75 Å². The highest BCUT2D eigenvalue weighted by molar-refractivity contribution is 7.86. The minimum absolute atomic E-state index is 0.190. The van der Waals surface area contributed by atoms with E-state index in [9.17, 15) is 23.1 Å². The van der Waals surface area contributed by atoms with E-state index in [1.807, 2.05) is 18.2 Å². The Morgan fingerprint density at radius 1 is 0.972 bits per heavy atom. The first-order chi connectivity index (χ1) is 17.2. The van der Waals surface area contributed by atoms with Gasteiger partial charge in [0, 0.05) is 31.3 Å². The summed E-state index contributed by atoms with van der Waals surface area (Å²) in [6, 6.07) is 22.5. The highest BCUT2D eigenvalue weighted by atomic mass is 32.2. The average molecular weight is 510 g/mol. The van der Waals surface area contributed by atoms with Gasteiger partial charge in [-0.15, -0.1) is 0 Å². The van der Waals surface area contributed by atoms with Crippen molar-refractivity contribution in [3.05, 3.63) is 102 Å². The fraction of sp³-hybridized carbons (Fsp3) is 0.185. The molecule has 0 unspecified atom stereocenters. The zero-order chi connectivity index (χ0) is 26.1. The largest absolute Gasteiger partial charge is 0.479 e. The summed E-state index contributed by atoms with van der Waals surface area (Å²) >= 11 is 0. The smallest absolute Gasteiger partial charge is 0.333 e. The van der Waals surface area contributed by atoms with E-state index in [1.54, 1.807) is 77.7 Å². The standard InChI is InChI=1S/C27H27NO7S/c1-34-25(27(30)31)19-21-10-14-23(15-11-21)28(26(29)22-8-4-3-5-9-22)18-6-7-20-12-16-24(17-13-20)35-36(2,32)33/h3-17,25H,18-19H2,1-2H3,(H,30,31)/t25-/m0/s1. The minimum Gasteiger partial charge on any atom is -0.479 e. The summed E-state index contributed by atoms with van der Waals surface area (Å²) < 4.78 is 32.4. The monoisotopic (exact) mass is 509 g/mol. The molecule has 1 amide bonds. The van der Waals surface area contributed by atoms with Crippen LogP contribution in [-0.4, -0.2) is 51.4 Å². The average Bonchev–Trinajstić information content (AvgIpc) is 2.86. The molecule has 0 aliphatic carbocycles. The fourth-order valence-corrected chi connectivity index (χ4v) is 3.90. The van der Waals surface area contributed by atoms with Crippen molar-refractivity contribution in [3.63, 3.8) is 0 Å². The van der Waals surface area contributed by atoms with Gasteiger partial charge >= 0.3 is 16.1 Å². The fourth-order valence-electron chi connectivity index (χ4n) is 3.44. The molecular formula is C27H27NO7S. The minimum atomic E-state index is -3.60. The van der Waals surface area contributed by atoms with Gasteiger partial charge in [-0.2, -0.15) is 8.42 Å². The Labute approximate surface area is 210 Å². The van der Waals surface area contributed by atoms with Gasteiger partial charge in [-0.25, -0.2) is 4.79 Å². The maximum atomic E-state index is 13.3. The maximum absolute atomic E-state index is 13.3. The second kappa shape index (κ2) is 12.1. The molecule has 36 heavy (non-hydrogen) atoms. The molecular weight excluding hydrogens is 482 g/mol. The molecule has 188 valence electrons. The van der Waals surface area contributed by atoms with E-state index in [-0.39, 0.29) is 24.6 Å². The third kappa shape index (κ3) is 7.79. The van der Waals surface area contributed by atoms with Gasteiger partial charge in [-0.1, -0.05) is 54.6 Å². The number of anilines is 1. The maximum Gasteiger partial charge on any atom is 0.333 e. The number of carboxylic acids is 1. The zero-order valence-corrected chi connectivity index (χ0v) is 20.7. The number of rotatable bonds is 11. The Morgan fingerprint density at radius 3 is 2.17 bits per heavy atom. The molecule has 0 fully saturated rings. The molecule has 3 aromatic carbocycles. The van der Waals surface area contributed by atoms with Crippen molar-refractivity contribution < 1.29 is 32.0 Å². The van der Waals surface area contributed by atoms with E-state index in [4.69, 9.17) is 8.92 Å². The molecule has 1 N–H and O–H groups in total. The van der Waals surface area contributed by atoms with Crippen LogP contribution in [0.25, 0.3) is 6.08 Å². The first kappa shape index (κ1) is 26.7. The van der Waals surface area contributed by atoms with Crippen LogP contribution in [0.3, 0.4) is 0 Å². The topological polar surface area (TPSA) is 110 Å². The number of amides is 1. The molecule has 3 rings (SSSR count). The van der Waals surface area contributed by atoms with Crippen LogP contribution in [0.1, 0.15) is 21.5 Å². The Bertz CT molecular complexity index is 1300. The van der Waals surface area contributed by atoms with Gasteiger partial charge in [0.25, 0.3) is 5.91 Å². The van der Waals surface area contributed by atoms with E-state index in [0.29, 0.717) is 11.3 Å². The molecule has 0 aliphatic rings. The lowest BCUT2D eigenvalue weighted by atomic mass is 10.1. The van der Waals surface area contributed by atoms with Crippen LogP contribution in [0.5, 0.6) is 5.75 Å². The predicted octanol–water partition coefficient (Wildman–Crippen LogP) is 4.03. The molecule has 0 bridgehead atoms. The molecule has 9 heteroatoms. The number of hydrogen-bond donors (Lipinski definition) is 1. The molecule has 0 aliphatic heterocycles. The van der Waals surface area contributed by atoms with Crippen LogP contribution in [0.2, 0.25) is 0 Å². The normalized spacial score (nSPS) is 12.3. The number of methoxy groups -OCH3 is 1. The third-order valence-corrected chi connectivity index (χ3v) is 5.72. The summed E-state index contributed by atoms with van der Waals surface area (Å²) in [5.74, 6) is -1.01. The molecule has 3 aromatic rings. The van der Waals surface area contributed by atoms with Gasteiger partial charge in [0.15, 0.2) is 6.10 Å². The molecule has 0 radical (unpaired) electrons. The van der Waals surface area contributed by atoms with Crippen molar-refractivity contribution in [2.24, 2.45) is 0 Å². The van der Waals surface area contributed by atoms with Crippen LogP contribution in [0, 0.1) is 0 Å². The molecule has 1 atom stereocenters. The number of hydrogen-bond acceptors (Lipinski definition) is 6. The van der Waals surface area contributed by atoms with Crippen LogP contribution in [0.15, 0.2) is 84.9 Å². The first-order valence-corrected chi connectivity index (χ1v) is 12.9. The predicted molar refractivity (Wildman–Crippen MR) is 138 cm³/mol. The van der Waals surface area contributed by atoms with Crippen molar-refractivity contribution in [2.45, 2.75) is 12.5 Å². The molecule has 0 saturated heterocycles. The Kier molecular flexibility index (Phi) is 8.99. The lowest BCUT2D eigenvalue weighted by Gasteiger charge is -2.22. The van der Waals surface area contributed by atoms with Gasteiger partial charge in [-0.3, -0.25) is 4.79 Å². The van der Waals surface area contributed by atoms with Crippen LogP contribution in [0.4, 0.5) is 5.69 Å². The zero-order valence-electron chi connectivity index (χ0n) is 19.9. The number of carbonyl (C=O) groups excluding carboxylic acids is 1. The molecule has 0 aromatic heterocycles. The highest BCUT2D eigenvalue weighted by Gasteiger charge is 2.19. The lowest BCUT2D eigenvalue weighted by Crippen LogP contribution is -2.31. The van der Waals surface area contributed by atoms with Crippen LogP contribution >= 0.6 is 0 Å². The molecule has 0 heterocycles. The van der Waals surface area contributed by atoms with Crippen molar-refractivity contribution in [3.8, 4) is 5.75 Å². The van der Waals surface area contributed by atoms with E-state index >= 15 is 0 Å². The second-order valence-corrected chi connectivity index (χ2v) is 9.55. The first-order valence-electron chi connectivity index (χ1n) is 11.0. The van der Waals surface area contributed by atoms with Crippen molar-refractivity contribution in [1.29, 1.82) is 0 Å². The number of ether oxygens (including phenoxy) is 1. The lowest BCUT2D eigenvalue weighted by molar-refractivity contribution is -0.148. The van der Waals surface area contributed by atoms with E-state index in [2.05, 4.69) is 0 Å². The van der Waals surface area contributed by atoms with Crippen molar-refractivity contribution in [1.82, 2.24) is 0 Å². The summed E-state index contributed by atoms with van der Waals surface area (Å²) in [5.41, 5.74) is 2.76. The number of benzene rings is 3. The highest BCUT2D eigenvalue weighted by Crippen LogP contribution is 2.20. The number of aliphatic carboxylic acids is 1. The van der Waals surface area contributed by atoms with Crippen LogP contribution < -0.4 is 9.08 Å². The summed E-state index contributed by atoms with van der Waals surface area (Å²) in [7, 11) is -2.25. The summed E-state index contributed by atoms with van der Waals surface area (Å²) in [6.07, 6.45) is 3.88. The molecule has 8 nitrogen and oxygen atoms in total. The summed E-state index contributed by atoms with van der Waals surface area (Å²) in [4.78, 5) is 26.1. The van der Waals surface area contributed by atoms with E-state index in [0.717, 1.165) is 17.4 Å². The van der Waals surface area contributed by atoms with Gasteiger partial charge in [-0.05, 0) is 47.5 Å². The summed E-state index contributed by atoms with van der Waals surface area (Å²) in [6.45, 7) is 0.268. The Morgan fingerprint density at radius 2 is 1.61 bits per heavy atom. The summed E-state index contributed by atoms with van der Waals surface area (Å²) in [5, 5.41) is 9.21. The SMILES string of the molecule is CO[C@@H](Cc1ccc(N(CC=Cc2ccc(OS(C)(=O)=O)cc2)C(=O)c2ccccc2)cc1)C(=O)O. The van der Waals surface area contributed by atoms with Crippen molar-refractivity contribution >= 4 is 33.8 Å². The Balaban J connectivity index is 1.79. The Hall–Kier alpha value is -3.95. The van der Waals surface area contributed by atoms with E-state index < -0.39 is 22.2 Å². The van der Waals surface area contributed by atoms with Gasteiger partial charge in [0.2, 0.25) is 0 Å². The van der Waals surface area contributed by atoms with E-state index in [1.165, 1.54) is 7.11 Å². The van der Waals surface area contributed by atoms with Gasteiger partial charge in [0.05, 0.1) is 6.26 Å².